The minimum Gasteiger partial charge on any atom is -0.550 e. The Morgan fingerprint density at radius 2 is 0.351 bits per heavy atom. The zero-order chi connectivity index (χ0) is 40.4. The maximum atomic E-state index is 10.2. The molecule has 0 fully saturated rings. The molecule has 0 aromatic carbocycles. The molecular formula is C48H93KNa2O6. The summed E-state index contributed by atoms with van der Waals surface area (Å²) in [6.45, 7) is 6.77. The molecule has 0 saturated heterocycles. The summed E-state index contributed by atoms with van der Waals surface area (Å²) in [5.41, 5.74) is 0. The molecule has 0 radical (unpaired) electrons. The number of carbonyl (C=O) groups excluding carboxylic acids is 3. The van der Waals surface area contributed by atoms with Gasteiger partial charge in [0.25, 0.3) is 0 Å². The van der Waals surface area contributed by atoms with Crippen LogP contribution in [0.5, 0.6) is 0 Å². The molecule has 9 heteroatoms. The van der Waals surface area contributed by atoms with E-state index in [0.29, 0.717) is 0 Å². The largest absolute Gasteiger partial charge is 1.00 e. The van der Waals surface area contributed by atoms with Crippen LogP contribution in [0.15, 0.2) is 0 Å². The topological polar surface area (TPSA) is 120 Å². The van der Waals surface area contributed by atoms with Gasteiger partial charge in [-0.1, -0.05) is 252 Å². The van der Waals surface area contributed by atoms with E-state index in [1.807, 2.05) is 0 Å². The zero-order valence-electron chi connectivity index (χ0n) is 39.6. The monoisotopic (exact) mass is 851 g/mol. The van der Waals surface area contributed by atoms with Crippen LogP contribution in [-0.2, 0) is 14.4 Å². The molecule has 0 aliphatic heterocycles. The number of carboxylic acid groups (broad SMARTS) is 3. The van der Waals surface area contributed by atoms with E-state index in [2.05, 4.69) is 20.8 Å². The first kappa shape index (κ1) is 70.7. The van der Waals surface area contributed by atoms with Crippen molar-refractivity contribution >= 4 is 17.9 Å². The fourth-order valence-corrected chi connectivity index (χ4v) is 6.86. The van der Waals surface area contributed by atoms with Crippen molar-refractivity contribution in [3.8, 4) is 0 Å². The summed E-state index contributed by atoms with van der Waals surface area (Å²) in [7, 11) is 0. The van der Waals surface area contributed by atoms with Crippen LogP contribution in [0.25, 0.3) is 0 Å². The van der Waals surface area contributed by atoms with Gasteiger partial charge in [-0.05, 0) is 38.5 Å². The van der Waals surface area contributed by atoms with Crippen molar-refractivity contribution in [1.29, 1.82) is 0 Å². The van der Waals surface area contributed by atoms with E-state index >= 15 is 0 Å². The van der Waals surface area contributed by atoms with Gasteiger partial charge in [0.15, 0.2) is 0 Å². The van der Waals surface area contributed by atoms with Gasteiger partial charge >= 0.3 is 110 Å². The maximum Gasteiger partial charge on any atom is 1.00 e. The average molecular weight is 851 g/mol. The molecule has 0 aliphatic carbocycles. The van der Waals surface area contributed by atoms with Gasteiger partial charge in [-0.2, -0.15) is 0 Å². The normalized spacial score (nSPS) is 10.2. The van der Waals surface area contributed by atoms with E-state index in [1.165, 1.54) is 212 Å². The number of aliphatic carboxylic acids is 3. The number of carboxylic acids is 3. The van der Waals surface area contributed by atoms with Gasteiger partial charge in [-0.15, -0.1) is 0 Å². The molecule has 0 aliphatic rings. The Balaban J connectivity index is -0.000000167. The van der Waals surface area contributed by atoms with Crippen LogP contribution >= 0.6 is 0 Å². The van der Waals surface area contributed by atoms with Gasteiger partial charge in [0.1, 0.15) is 0 Å². The summed E-state index contributed by atoms with van der Waals surface area (Å²) in [6.07, 6.45) is 50.8. The van der Waals surface area contributed by atoms with Crippen molar-refractivity contribution in [1.82, 2.24) is 0 Å². The standard InChI is InChI=1S/3C16H32O2.K.2Na/c3*1-2-3-4-5-6-7-8-9-10-11-12-13-14-15-16(17)18;;;/h3*2-15H2,1H3,(H,17,18);;;/q;;;3*+1/p-3. The van der Waals surface area contributed by atoms with Crippen molar-refractivity contribution in [2.75, 3.05) is 0 Å². The fourth-order valence-electron chi connectivity index (χ4n) is 6.86. The number of carbonyl (C=O) groups is 3. The number of rotatable bonds is 42. The van der Waals surface area contributed by atoms with Crippen LogP contribution in [0.2, 0.25) is 0 Å². The van der Waals surface area contributed by atoms with Crippen LogP contribution in [0.3, 0.4) is 0 Å². The molecule has 0 aromatic heterocycles. The third-order valence-corrected chi connectivity index (χ3v) is 10.5. The van der Waals surface area contributed by atoms with Crippen molar-refractivity contribution in [3.05, 3.63) is 0 Å². The Morgan fingerprint density at radius 3 is 0.456 bits per heavy atom. The SMILES string of the molecule is CCCCCCCCCCCCCCCC(=O)[O-].CCCCCCCCCCCCCCCC(=O)[O-].CCCCCCCCCCCCCCCC(=O)[O-].[K+].[Na+].[Na+]. The molecule has 0 unspecified atom stereocenters. The Kier molecular flexibility index (Phi) is 83.3. The van der Waals surface area contributed by atoms with Gasteiger partial charge in [-0.3, -0.25) is 0 Å². The quantitative estimate of drug-likeness (QED) is 0.0684. The van der Waals surface area contributed by atoms with Crippen molar-refractivity contribution in [3.63, 3.8) is 0 Å². The van der Waals surface area contributed by atoms with Gasteiger partial charge in [0.05, 0.1) is 0 Å². The Bertz CT molecular complexity index is 649. The molecular weight excluding hydrogens is 758 g/mol. The summed E-state index contributed by atoms with van der Waals surface area (Å²) >= 11 is 0. The van der Waals surface area contributed by atoms with Gasteiger partial charge < -0.3 is 29.7 Å². The zero-order valence-corrected chi connectivity index (χ0v) is 46.8. The molecule has 0 spiro atoms. The first-order valence-corrected chi connectivity index (χ1v) is 23.9. The van der Waals surface area contributed by atoms with Crippen molar-refractivity contribution in [2.24, 2.45) is 0 Å². The molecule has 0 saturated carbocycles. The Labute approximate surface area is 443 Å². The van der Waals surface area contributed by atoms with Crippen LogP contribution < -0.4 is 126 Å². The smallest absolute Gasteiger partial charge is 0.550 e. The Hall–Kier alpha value is 2.05. The predicted octanol–water partition coefficient (Wildman–Crippen LogP) is 3.66. The molecule has 0 heterocycles. The third-order valence-electron chi connectivity index (χ3n) is 10.5. The molecule has 0 rings (SSSR count). The van der Waals surface area contributed by atoms with Crippen LogP contribution in [0.1, 0.15) is 290 Å². The number of unbranched alkanes of at least 4 members (excludes halogenated alkanes) is 36. The van der Waals surface area contributed by atoms with E-state index < -0.39 is 17.9 Å². The van der Waals surface area contributed by atoms with Crippen LogP contribution in [0.4, 0.5) is 0 Å². The van der Waals surface area contributed by atoms with Crippen molar-refractivity contribution < 1.29 is 140 Å². The Morgan fingerprint density at radius 1 is 0.246 bits per heavy atom. The summed E-state index contributed by atoms with van der Waals surface area (Å²) < 4.78 is 0. The van der Waals surface area contributed by atoms with Crippen LogP contribution in [0, 0.1) is 0 Å². The molecule has 0 bridgehead atoms. The van der Waals surface area contributed by atoms with Gasteiger partial charge in [-0.25, -0.2) is 0 Å². The minimum absolute atomic E-state index is 0. The minimum atomic E-state index is -0.905. The molecule has 0 N–H and O–H groups in total. The van der Waals surface area contributed by atoms with E-state index in [9.17, 15) is 29.7 Å². The van der Waals surface area contributed by atoms with E-state index in [0.717, 1.165) is 38.5 Å². The average Bonchev–Trinajstić information content (AvgIpc) is 3.14. The third kappa shape index (κ3) is 82.4. The maximum absolute atomic E-state index is 10.2. The first-order chi connectivity index (χ1) is 26.3. The predicted molar refractivity (Wildman–Crippen MR) is 226 cm³/mol. The second kappa shape index (κ2) is 67.1. The molecule has 57 heavy (non-hydrogen) atoms. The molecule has 324 valence electrons. The second-order valence-corrected chi connectivity index (χ2v) is 16.1. The molecule has 0 atom stereocenters. The fraction of sp³-hybridized carbons (Fsp3) is 0.938. The van der Waals surface area contributed by atoms with E-state index in [1.54, 1.807) is 0 Å². The molecule has 0 amide bonds. The number of hydrogen-bond acceptors (Lipinski definition) is 6. The van der Waals surface area contributed by atoms with E-state index in [4.69, 9.17) is 0 Å². The second-order valence-electron chi connectivity index (χ2n) is 16.1. The molecule has 6 nitrogen and oxygen atoms in total. The van der Waals surface area contributed by atoms with Crippen molar-refractivity contribution in [2.45, 2.75) is 290 Å². The first-order valence-electron chi connectivity index (χ1n) is 23.9. The summed E-state index contributed by atoms with van der Waals surface area (Å²) in [5.74, 6) is -2.71. The van der Waals surface area contributed by atoms with E-state index in [-0.39, 0.29) is 130 Å². The molecule has 0 aromatic rings. The van der Waals surface area contributed by atoms with Gasteiger partial charge in [0, 0.05) is 17.9 Å². The summed E-state index contributed by atoms with van der Waals surface area (Å²) in [5, 5.41) is 30.6. The van der Waals surface area contributed by atoms with Gasteiger partial charge in [0.2, 0.25) is 0 Å². The number of hydrogen-bond donors (Lipinski definition) is 0. The summed E-state index contributed by atoms with van der Waals surface area (Å²) in [4.78, 5) is 30.6. The summed E-state index contributed by atoms with van der Waals surface area (Å²) in [6, 6.07) is 0. The van der Waals surface area contributed by atoms with Crippen LogP contribution in [-0.4, -0.2) is 17.9 Å².